The quantitative estimate of drug-likeness (QED) is 0.854. The second-order valence-corrected chi connectivity index (χ2v) is 6.79. The highest BCUT2D eigenvalue weighted by Crippen LogP contribution is 2.05. The van der Waals surface area contributed by atoms with Gasteiger partial charge in [-0.05, 0) is 35.7 Å². The molecular formula is C10H15NO3S2. The summed E-state index contributed by atoms with van der Waals surface area (Å²) >= 11 is 1.60. The lowest BCUT2D eigenvalue weighted by Crippen LogP contribution is -2.38. The predicted octanol–water partition coefficient (Wildman–Crippen LogP) is 0.840. The Morgan fingerprint density at radius 3 is 2.75 bits per heavy atom. The first-order valence-electron chi connectivity index (χ1n) is 4.89. The van der Waals surface area contributed by atoms with Gasteiger partial charge in [-0.25, -0.2) is 8.42 Å². The molecule has 1 heterocycles. The number of thiophene rings is 1. The van der Waals surface area contributed by atoms with Crippen molar-refractivity contribution in [1.82, 2.24) is 5.32 Å². The van der Waals surface area contributed by atoms with E-state index in [1.807, 2.05) is 16.8 Å². The molecule has 1 atom stereocenters. The summed E-state index contributed by atoms with van der Waals surface area (Å²) in [6.07, 6.45) is 1.79. The third kappa shape index (κ3) is 3.94. The first-order valence-corrected chi connectivity index (χ1v) is 7.78. The van der Waals surface area contributed by atoms with Crippen LogP contribution >= 0.6 is 11.3 Å². The normalized spacial score (nSPS) is 13.4. The monoisotopic (exact) mass is 261 g/mol. The number of amides is 1. The molecule has 0 bridgehead atoms. The Kier molecular flexibility index (Phi) is 4.49. The van der Waals surface area contributed by atoms with Gasteiger partial charge >= 0.3 is 0 Å². The molecule has 0 aliphatic carbocycles. The molecule has 6 heteroatoms. The van der Waals surface area contributed by atoms with Crippen molar-refractivity contribution in [3.63, 3.8) is 0 Å². The highest BCUT2D eigenvalue weighted by Gasteiger charge is 2.22. The van der Waals surface area contributed by atoms with E-state index in [-0.39, 0.29) is 0 Å². The lowest BCUT2D eigenvalue weighted by Gasteiger charge is -2.09. The molecule has 0 saturated heterocycles. The fraction of sp³-hybridized carbons (Fsp3) is 0.500. The lowest BCUT2D eigenvalue weighted by atomic mass is 10.2. The minimum atomic E-state index is -3.30. The first kappa shape index (κ1) is 13.2. The van der Waals surface area contributed by atoms with Crippen LogP contribution < -0.4 is 5.32 Å². The third-order valence-electron chi connectivity index (χ3n) is 2.30. The second kappa shape index (κ2) is 5.45. The number of carbonyl (C=O) groups is 1. The molecule has 0 unspecified atom stereocenters. The Hall–Kier alpha value is -0.880. The lowest BCUT2D eigenvalue weighted by molar-refractivity contribution is -0.120. The van der Waals surface area contributed by atoms with E-state index in [4.69, 9.17) is 0 Å². The predicted molar refractivity (Wildman–Crippen MR) is 65.3 cm³/mol. The van der Waals surface area contributed by atoms with Gasteiger partial charge in [-0.15, -0.1) is 0 Å². The van der Waals surface area contributed by atoms with Crippen molar-refractivity contribution in [1.29, 1.82) is 0 Å². The van der Waals surface area contributed by atoms with Gasteiger partial charge in [0.15, 0.2) is 9.84 Å². The Balaban J connectivity index is 2.36. The molecule has 0 aromatic carbocycles. The molecule has 1 aromatic heterocycles. The zero-order valence-corrected chi connectivity index (χ0v) is 10.9. The fourth-order valence-electron chi connectivity index (χ4n) is 1.10. The Morgan fingerprint density at radius 1 is 1.56 bits per heavy atom. The van der Waals surface area contributed by atoms with Crippen LogP contribution in [0.15, 0.2) is 16.8 Å². The van der Waals surface area contributed by atoms with Crippen LogP contribution in [0.4, 0.5) is 0 Å². The van der Waals surface area contributed by atoms with E-state index >= 15 is 0 Å². The fourth-order valence-corrected chi connectivity index (χ4v) is 2.28. The molecule has 16 heavy (non-hydrogen) atoms. The summed E-state index contributed by atoms with van der Waals surface area (Å²) in [6, 6.07) is 1.98. The zero-order chi connectivity index (χ0) is 12.2. The molecule has 0 aliphatic rings. The van der Waals surface area contributed by atoms with Crippen LogP contribution in [0, 0.1) is 0 Å². The smallest absolute Gasteiger partial charge is 0.238 e. The SMILES string of the molecule is C[C@@H](C(=O)NCCc1ccsc1)S(C)(=O)=O. The maximum absolute atomic E-state index is 11.4. The first-order chi connectivity index (χ1) is 7.41. The van der Waals surface area contributed by atoms with Gasteiger partial charge in [0.1, 0.15) is 5.25 Å². The number of sulfone groups is 1. The Morgan fingerprint density at radius 2 is 2.25 bits per heavy atom. The maximum atomic E-state index is 11.4. The highest BCUT2D eigenvalue weighted by atomic mass is 32.2. The zero-order valence-electron chi connectivity index (χ0n) is 9.26. The van der Waals surface area contributed by atoms with Crippen LogP contribution in [0.3, 0.4) is 0 Å². The van der Waals surface area contributed by atoms with Crippen LogP contribution in [-0.4, -0.2) is 32.4 Å². The van der Waals surface area contributed by atoms with Crippen molar-refractivity contribution < 1.29 is 13.2 Å². The van der Waals surface area contributed by atoms with Crippen molar-refractivity contribution in [2.45, 2.75) is 18.6 Å². The van der Waals surface area contributed by atoms with Crippen molar-refractivity contribution >= 4 is 27.1 Å². The minimum Gasteiger partial charge on any atom is -0.355 e. The molecular weight excluding hydrogens is 246 g/mol. The van der Waals surface area contributed by atoms with E-state index in [0.29, 0.717) is 6.54 Å². The van der Waals surface area contributed by atoms with Gasteiger partial charge in [-0.1, -0.05) is 0 Å². The molecule has 0 fully saturated rings. The number of rotatable bonds is 5. The highest BCUT2D eigenvalue weighted by molar-refractivity contribution is 7.92. The Labute approximate surface area is 99.6 Å². The standard InChI is InChI=1S/C10H15NO3S2/c1-8(16(2,13)14)10(12)11-5-3-9-4-6-15-7-9/h4,6-8H,3,5H2,1-2H3,(H,11,12)/t8-/m0/s1. The van der Waals surface area contributed by atoms with Gasteiger partial charge in [0.25, 0.3) is 0 Å². The summed E-state index contributed by atoms with van der Waals surface area (Å²) in [4.78, 5) is 11.4. The van der Waals surface area contributed by atoms with Crippen molar-refractivity contribution in [3.8, 4) is 0 Å². The van der Waals surface area contributed by atoms with Crippen LogP contribution in [0.5, 0.6) is 0 Å². The van der Waals surface area contributed by atoms with Gasteiger partial charge in [0.05, 0.1) is 0 Å². The van der Waals surface area contributed by atoms with E-state index < -0.39 is 21.0 Å². The number of carbonyl (C=O) groups excluding carboxylic acids is 1. The average Bonchev–Trinajstić information content (AvgIpc) is 2.67. The minimum absolute atomic E-state index is 0.433. The number of nitrogens with one attached hydrogen (secondary N) is 1. The van der Waals surface area contributed by atoms with Gasteiger partial charge in [-0.2, -0.15) is 11.3 Å². The van der Waals surface area contributed by atoms with E-state index in [1.165, 1.54) is 6.92 Å². The maximum Gasteiger partial charge on any atom is 0.238 e. The van der Waals surface area contributed by atoms with Crippen molar-refractivity contribution in [3.05, 3.63) is 22.4 Å². The van der Waals surface area contributed by atoms with E-state index in [2.05, 4.69) is 5.32 Å². The van der Waals surface area contributed by atoms with Crippen LogP contribution in [0.2, 0.25) is 0 Å². The molecule has 1 rings (SSSR count). The molecule has 0 spiro atoms. The van der Waals surface area contributed by atoms with Crippen molar-refractivity contribution in [2.75, 3.05) is 12.8 Å². The molecule has 0 radical (unpaired) electrons. The van der Waals surface area contributed by atoms with E-state index in [0.717, 1.165) is 18.2 Å². The largest absolute Gasteiger partial charge is 0.355 e. The Bertz CT molecular complexity index is 437. The summed E-state index contributed by atoms with van der Waals surface area (Å²) in [6.45, 7) is 1.87. The summed E-state index contributed by atoms with van der Waals surface area (Å²) in [5.74, 6) is -0.433. The molecule has 1 aromatic rings. The van der Waals surface area contributed by atoms with Gasteiger partial charge < -0.3 is 5.32 Å². The molecule has 4 nitrogen and oxygen atoms in total. The molecule has 0 saturated carbocycles. The topological polar surface area (TPSA) is 63.2 Å². The summed E-state index contributed by atoms with van der Waals surface area (Å²) in [5, 5.41) is 5.61. The molecule has 90 valence electrons. The van der Waals surface area contributed by atoms with Gasteiger partial charge in [0, 0.05) is 12.8 Å². The van der Waals surface area contributed by atoms with Crippen LogP contribution in [0.25, 0.3) is 0 Å². The van der Waals surface area contributed by atoms with E-state index in [9.17, 15) is 13.2 Å². The van der Waals surface area contributed by atoms with Crippen LogP contribution in [-0.2, 0) is 21.1 Å². The molecule has 0 aliphatic heterocycles. The van der Waals surface area contributed by atoms with Gasteiger partial charge in [-0.3, -0.25) is 4.79 Å². The summed E-state index contributed by atoms with van der Waals surface area (Å²) < 4.78 is 22.2. The average molecular weight is 261 g/mol. The third-order valence-corrected chi connectivity index (χ3v) is 4.54. The van der Waals surface area contributed by atoms with Crippen molar-refractivity contribution in [2.24, 2.45) is 0 Å². The molecule has 1 amide bonds. The van der Waals surface area contributed by atoms with Crippen LogP contribution in [0.1, 0.15) is 12.5 Å². The summed E-state index contributed by atoms with van der Waals surface area (Å²) in [7, 11) is -3.30. The summed E-state index contributed by atoms with van der Waals surface area (Å²) in [5.41, 5.74) is 1.15. The molecule has 1 N–H and O–H groups in total. The van der Waals surface area contributed by atoms with E-state index in [1.54, 1.807) is 11.3 Å². The number of hydrogen-bond acceptors (Lipinski definition) is 4. The number of hydrogen-bond donors (Lipinski definition) is 1. The van der Waals surface area contributed by atoms with Gasteiger partial charge in [0.2, 0.25) is 5.91 Å². The second-order valence-electron chi connectivity index (χ2n) is 3.64.